The lowest BCUT2D eigenvalue weighted by Crippen LogP contribution is -2.52. The maximum Gasteiger partial charge on any atom is 0.242 e. The van der Waals surface area contributed by atoms with Crippen LogP contribution >= 0.6 is 0 Å². The number of carbonyl (C=O) groups is 1. The summed E-state index contributed by atoms with van der Waals surface area (Å²) in [6.07, 6.45) is 1.82. The minimum atomic E-state index is -0.663. The Balaban J connectivity index is 2.58. The highest BCUT2D eigenvalue weighted by atomic mass is 16.2. The molecular weight excluding hydrogens is 164 g/mol. The smallest absolute Gasteiger partial charge is 0.242 e. The normalized spacial score (nSPS) is 27.4. The number of rotatable bonds is 2. The Morgan fingerprint density at radius 1 is 1.69 bits per heavy atom. The maximum atomic E-state index is 11.8. The topological polar surface area (TPSA) is 46.3 Å². The van der Waals surface area contributed by atoms with Gasteiger partial charge < -0.3 is 10.6 Å². The monoisotopic (exact) mass is 184 g/mol. The van der Waals surface area contributed by atoms with E-state index in [9.17, 15) is 4.79 Å². The van der Waals surface area contributed by atoms with Crippen LogP contribution < -0.4 is 5.73 Å². The highest BCUT2D eigenvalue weighted by molar-refractivity contribution is 5.85. The van der Waals surface area contributed by atoms with Crippen molar-refractivity contribution in [1.29, 1.82) is 0 Å². The number of amides is 1. The summed E-state index contributed by atoms with van der Waals surface area (Å²) in [7, 11) is 0. The summed E-state index contributed by atoms with van der Waals surface area (Å²) < 4.78 is 0. The van der Waals surface area contributed by atoms with Crippen LogP contribution in [-0.2, 0) is 4.79 Å². The van der Waals surface area contributed by atoms with Crippen molar-refractivity contribution in [2.75, 3.05) is 13.1 Å². The fraction of sp³-hybridized carbons (Fsp3) is 0.900. The van der Waals surface area contributed by atoms with Crippen LogP contribution in [0.5, 0.6) is 0 Å². The Kier molecular flexibility index (Phi) is 2.96. The van der Waals surface area contributed by atoms with Gasteiger partial charge in [0.05, 0.1) is 5.54 Å². The van der Waals surface area contributed by atoms with Crippen LogP contribution in [0.3, 0.4) is 0 Å². The summed E-state index contributed by atoms with van der Waals surface area (Å²) >= 11 is 0. The maximum absolute atomic E-state index is 11.8. The minimum absolute atomic E-state index is 0.111. The standard InChI is InChI=1S/C10H20N2O/c1-4-10(3,11)9(13)12-6-5-8(2)7-12/h8H,4-7,11H2,1-3H3. The van der Waals surface area contributed by atoms with Gasteiger partial charge in [0, 0.05) is 13.1 Å². The summed E-state index contributed by atoms with van der Waals surface area (Å²) in [4.78, 5) is 13.7. The average molecular weight is 184 g/mol. The molecule has 0 aromatic heterocycles. The van der Waals surface area contributed by atoms with Crippen LogP contribution in [0.25, 0.3) is 0 Å². The Bertz CT molecular complexity index is 201. The van der Waals surface area contributed by atoms with Crippen molar-refractivity contribution in [3.63, 3.8) is 0 Å². The lowest BCUT2D eigenvalue weighted by atomic mass is 9.99. The van der Waals surface area contributed by atoms with Crippen molar-refractivity contribution >= 4 is 5.91 Å². The van der Waals surface area contributed by atoms with E-state index in [0.717, 1.165) is 19.5 Å². The van der Waals surface area contributed by atoms with E-state index in [1.165, 1.54) is 0 Å². The Labute approximate surface area is 80.3 Å². The molecule has 2 atom stereocenters. The third kappa shape index (κ3) is 2.21. The molecule has 1 heterocycles. The van der Waals surface area contributed by atoms with Gasteiger partial charge >= 0.3 is 0 Å². The largest absolute Gasteiger partial charge is 0.341 e. The summed E-state index contributed by atoms with van der Waals surface area (Å²) in [6, 6.07) is 0. The molecule has 1 aliphatic heterocycles. The molecule has 1 aliphatic rings. The first-order chi connectivity index (χ1) is 5.97. The van der Waals surface area contributed by atoms with Gasteiger partial charge in [0.15, 0.2) is 0 Å². The molecule has 1 rings (SSSR count). The van der Waals surface area contributed by atoms with Gasteiger partial charge in [0.25, 0.3) is 0 Å². The first-order valence-corrected chi connectivity index (χ1v) is 5.05. The van der Waals surface area contributed by atoms with Crippen molar-refractivity contribution < 1.29 is 4.79 Å². The first-order valence-electron chi connectivity index (χ1n) is 5.05. The third-order valence-electron chi connectivity index (χ3n) is 2.93. The minimum Gasteiger partial charge on any atom is -0.341 e. The quantitative estimate of drug-likeness (QED) is 0.695. The second-order valence-corrected chi connectivity index (χ2v) is 4.42. The van der Waals surface area contributed by atoms with E-state index in [1.807, 2.05) is 18.7 Å². The highest BCUT2D eigenvalue weighted by Gasteiger charge is 2.33. The summed E-state index contributed by atoms with van der Waals surface area (Å²) in [5.74, 6) is 0.746. The molecular formula is C10H20N2O. The molecule has 3 nitrogen and oxygen atoms in total. The molecule has 76 valence electrons. The zero-order chi connectivity index (χ0) is 10.1. The SMILES string of the molecule is CCC(C)(N)C(=O)N1CCC(C)C1. The van der Waals surface area contributed by atoms with Gasteiger partial charge in [-0.2, -0.15) is 0 Å². The summed E-state index contributed by atoms with van der Waals surface area (Å²) in [5, 5.41) is 0. The van der Waals surface area contributed by atoms with Gasteiger partial charge in [-0.1, -0.05) is 13.8 Å². The van der Waals surface area contributed by atoms with E-state index >= 15 is 0 Å². The molecule has 1 amide bonds. The van der Waals surface area contributed by atoms with Crippen LogP contribution in [0.15, 0.2) is 0 Å². The van der Waals surface area contributed by atoms with Crippen molar-refractivity contribution in [2.45, 2.75) is 39.2 Å². The third-order valence-corrected chi connectivity index (χ3v) is 2.93. The molecule has 0 saturated carbocycles. The molecule has 1 fully saturated rings. The second kappa shape index (κ2) is 3.66. The summed E-state index contributed by atoms with van der Waals surface area (Å²) in [6.45, 7) is 7.71. The molecule has 0 bridgehead atoms. The molecule has 2 unspecified atom stereocenters. The van der Waals surface area contributed by atoms with Crippen molar-refractivity contribution in [2.24, 2.45) is 11.7 Å². The van der Waals surface area contributed by atoms with E-state index in [2.05, 4.69) is 6.92 Å². The van der Waals surface area contributed by atoms with Crippen LogP contribution in [0, 0.1) is 5.92 Å². The van der Waals surface area contributed by atoms with E-state index in [4.69, 9.17) is 5.73 Å². The molecule has 2 N–H and O–H groups in total. The predicted molar refractivity (Wildman–Crippen MR) is 53.2 cm³/mol. The number of likely N-dealkylation sites (tertiary alicyclic amines) is 1. The van der Waals surface area contributed by atoms with Gasteiger partial charge in [-0.3, -0.25) is 4.79 Å². The van der Waals surface area contributed by atoms with Crippen molar-refractivity contribution in [3.8, 4) is 0 Å². The van der Waals surface area contributed by atoms with Crippen LogP contribution in [0.1, 0.15) is 33.6 Å². The Hall–Kier alpha value is -0.570. The van der Waals surface area contributed by atoms with E-state index in [-0.39, 0.29) is 5.91 Å². The molecule has 13 heavy (non-hydrogen) atoms. The molecule has 0 aromatic rings. The molecule has 3 heteroatoms. The number of hydrogen-bond donors (Lipinski definition) is 1. The van der Waals surface area contributed by atoms with Gasteiger partial charge in [0.1, 0.15) is 0 Å². The molecule has 1 saturated heterocycles. The highest BCUT2D eigenvalue weighted by Crippen LogP contribution is 2.19. The molecule has 0 spiro atoms. The zero-order valence-electron chi connectivity index (χ0n) is 8.84. The van der Waals surface area contributed by atoms with E-state index < -0.39 is 5.54 Å². The first kappa shape index (κ1) is 10.5. The molecule has 0 radical (unpaired) electrons. The van der Waals surface area contributed by atoms with Crippen molar-refractivity contribution in [3.05, 3.63) is 0 Å². The van der Waals surface area contributed by atoms with E-state index in [1.54, 1.807) is 0 Å². The van der Waals surface area contributed by atoms with Gasteiger partial charge in [-0.25, -0.2) is 0 Å². The Morgan fingerprint density at radius 2 is 2.31 bits per heavy atom. The fourth-order valence-corrected chi connectivity index (χ4v) is 1.63. The number of hydrogen-bond acceptors (Lipinski definition) is 2. The van der Waals surface area contributed by atoms with Gasteiger partial charge in [-0.05, 0) is 25.7 Å². The predicted octanol–water partition coefficient (Wildman–Crippen LogP) is 0.982. The number of nitrogens with two attached hydrogens (primary N) is 1. The molecule has 0 aliphatic carbocycles. The molecule has 0 aromatic carbocycles. The van der Waals surface area contributed by atoms with Crippen LogP contribution in [0.4, 0.5) is 0 Å². The average Bonchev–Trinajstić information content (AvgIpc) is 2.50. The lowest BCUT2D eigenvalue weighted by molar-refractivity contribution is -0.135. The fourth-order valence-electron chi connectivity index (χ4n) is 1.63. The van der Waals surface area contributed by atoms with Gasteiger partial charge in [0.2, 0.25) is 5.91 Å². The lowest BCUT2D eigenvalue weighted by Gasteiger charge is -2.27. The number of nitrogens with zero attached hydrogens (tertiary/aromatic N) is 1. The van der Waals surface area contributed by atoms with Crippen LogP contribution in [0.2, 0.25) is 0 Å². The number of carbonyl (C=O) groups excluding carboxylic acids is 1. The van der Waals surface area contributed by atoms with Crippen molar-refractivity contribution in [1.82, 2.24) is 4.90 Å². The zero-order valence-corrected chi connectivity index (χ0v) is 8.84. The summed E-state index contributed by atoms with van der Waals surface area (Å²) in [5.41, 5.74) is 5.23. The van der Waals surface area contributed by atoms with E-state index in [0.29, 0.717) is 12.3 Å². The Morgan fingerprint density at radius 3 is 2.69 bits per heavy atom. The van der Waals surface area contributed by atoms with Crippen LogP contribution in [-0.4, -0.2) is 29.4 Å². The second-order valence-electron chi connectivity index (χ2n) is 4.42. The van der Waals surface area contributed by atoms with Gasteiger partial charge in [-0.15, -0.1) is 0 Å².